The Hall–Kier alpha value is -2.17. The van der Waals surface area contributed by atoms with Crippen molar-refractivity contribution < 1.29 is 0 Å². The molecule has 0 saturated heterocycles. The van der Waals surface area contributed by atoms with Crippen molar-refractivity contribution in [2.75, 3.05) is 0 Å². The summed E-state index contributed by atoms with van der Waals surface area (Å²) >= 11 is 11.3. The number of nitrogens with two attached hydrogens (primary N) is 1. The van der Waals surface area contributed by atoms with E-state index in [0.29, 0.717) is 11.4 Å². The van der Waals surface area contributed by atoms with Crippen LogP contribution in [0.3, 0.4) is 0 Å². The molecule has 0 aliphatic heterocycles. The van der Waals surface area contributed by atoms with Crippen molar-refractivity contribution in [2.45, 2.75) is 13.0 Å². The van der Waals surface area contributed by atoms with Crippen molar-refractivity contribution in [3.8, 4) is 0 Å². The van der Waals surface area contributed by atoms with Crippen LogP contribution in [0.15, 0.2) is 60.9 Å². The van der Waals surface area contributed by atoms with Gasteiger partial charge in [0.15, 0.2) is 0 Å². The summed E-state index contributed by atoms with van der Waals surface area (Å²) in [7, 11) is 0. The Morgan fingerprint density at radius 2 is 2.00 bits per heavy atom. The lowest BCUT2D eigenvalue weighted by molar-refractivity contribution is 0.740. The molecular formula is C18H16ClN3S. The Morgan fingerprint density at radius 1 is 1.17 bits per heavy atom. The number of benzene rings is 2. The predicted octanol–water partition coefficient (Wildman–Crippen LogP) is 3.81. The molecule has 0 saturated carbocycles. The number of thiocarbonyl (C=S) groups is 1. The summed E-state index contributed by atoms with van der Waals surface area (Å²) in [4.78, 5) is 4.87. The molecular weight excluding hydrogens is 326 g/mol. The second-order valence-electron chi connectivity index (χ2n) is 5.30. The fraction of sp³-hybridized carbons (Fsp3) is 0.111. The largest absolute Gasteiger partial charge is 0.389 e. The third-order valence-corrected chi connectivity index (χ3v) is 4.28. The van der Waals surface area contributed by atoms with Gasteiger partial charge < -0.3 is 10.3 Å². The molecule has 0 amide bonds. The first-order valence-corrected chi connectivity index (χ1v) is 8.04. The minimum atomic E-state index is 0.411. The Balaban J connectivity index is 1.83. The maximum absolute atomic E-state index is 6.24. The van der Waals surface area contributed by atoms with E-state index in [1.165, 1.54) is 0 Å². The molecule has 0 aliphatic carbocycles. The van der Waals surface area contributed by atoms with Crippen LogP contribution in [-0.4, -0.2) is 14.5 Å². The molecule has 2 N–H and O–H groups in total. The summed E-state index contributed by atoms with van der Waals surface area (Å²) in [6.07, 6.45) is 4.48. The van der Waals surface area contributed by atoms with E-state index in [4.69, 9.17) is 29.6 Å². The van der Waals surface area contributed by atoms with E-state index in [0.717, 1.165) is 34.1 Å². The van der Waals surface area contributed by atoms with Crippen LogP contribution in [0.2, 0.25) is 5.02 Å². The van der Waals surface area contributed by atoms with Crippen molar-refractivity contribution in [3.63, 3.8) is 0 Å². The van der Waals surface area contributed by atoms with Gasteiger partial charge in [-0.2, -0.15) is 0 Å². The molecule has 5 heteroatoms. The van der Waals surface area contributed by atoms with Crippen LogP contribution in [0, 0.1) is 0 Å². The zero-order chi connectivity index (χ0) is 16.2. The molecule has 0 unspecified atom stereocenters. The molecule has 3 rings (SSSR count). The van der Waals surface area contributed by atoms with Gasteiger partial charge in [-0.15, -0.1) is 0 Å². The first kappa shape index (κ1) is 15.7. The highest BCUT2D eigenvalue weighted by atomic mass is 35.5. The van der Waals surface area contributed by atoms with E-state index < -0.39 is 0 Å². The zero-order valence-corrected chi connectivity index (χ0v) is 14.0. The number of imidazole rings is 1. The maximum atomic E-state index is 6.24. The summed E-state index contributed by atoms with van der Waals surface area (Å²) in [5.41, 5.74) is 8.78. The van der Waals surface area contributed by atoms with E-state index in [1.54, 1.807) is 0 Å². The third kappa shape index (κ3) is 3.78. The molecule has 2 aromatic carbocycles. The number of nitrogens with zero attached hydrogens (tertiary/aromatic N) is 2. The van der Waals surface area contributed by atoms with Gasteiger partial charge in [0, 0.05) is 35.9 Å². The van der Waals surface area contributed by atoms with Crippen LogP contribution in [0.5, 0.6) is 0 Å². The molecule has 3 nitrogen and oxygen atoms in total. The second-order valence-corrected chi connectivity index (χ2v) is 6.15. The first-order valence-electron chi connectivity index (χ1n) is 7.25. The minimum absolute atomic E-state index is 0.411. The summed E-state index contributed by atoms with van der Waals surface area (Å²) in [5, 5.41) is 0.762. The summed E-state index contributed by atoms with van der Waals surface area (Å²) < 4.78 is 2.11. The molecule has 1 heterocycles. The summed E-state index contributed by atoms with van der Waals surface area (Å²) in [6, 6.07) is 15.8. The molecule has 0 aliphatic rings. The Bertz CT molecular complexity index is 842. The molecule has 0 atom stereocenters. The molecule has 0 spiro atoms. The van der Waals surface area contributed by atoms with Crippen LogP contribution >= 0.6 is 23.8 Å². The highest BCUT2D eigenvalue weighted by Gasteiger charge is 2.08. The molecule has 0 bridgehead atoms. The van der Waals surface area contributed by atoms with Gasteiger partial charge in [0.05, 0.1) is 0 Å². The van der Waals surface area contributed by atoms with E-state index in [1.807, 2.05) is 54.9 Å². The van der Waals surface area contributed by atoms with E-state index in [-0.39, 0.29) is 0 Å². The van der Waals surface area contributed by atoms with E-state index in [2.05, 4.69) is 15.6 Å². The van der Waals surface area contributed by atoms with Gasteiger partial charge in [0.25, 0.3) is 0 Å². The number of hydrogen-bond donors (Lipinski definition) is 1. The Morgan fingerprint density at radius 3 is 2.78 bits per heavy atom. The number of aromatic nitrogens is 2. The van der Waals surface area contributed by atoms with Gasteiger partial charge in [-0.3, -0.25) is 0 Å². The van der Waals surface area contributed by atoms with Crippen LogP contribution in [0.4, 0.5) is 0 Å². The lowest BCUT2D eigenvalue weighted by Crippen LogP contribution is -2.10. The molecule has 3 aromatic rings. The topological polar surface area (TPSA) is 43.8 Å². The second kappa shape index (κ2) is 6.94. The Labute approximate surface area is 145 Å². The highest BCUT2D eigenvalue weighted by Crippen LogP contribution is 2.19. The van der Waals surface area contributed by atoms with Crippen molar-refractivity contribution in [3.05, 3.63) is 88.5 Å². The number of halogens is 1. The van der Waals surface area contributed by atoms with Gasteiger partial charge in [-0.1, -0.05) is 60.2 Å². The predicted molar refractivity (Wildman–Crippen MR) is 97.9 cm³/mol. The van der Waals surface area contributed by atoms with Gasteiger partial charge in [-0.05, 0) is 23.3 Å². The van der Waals surface area contributed by atoms with Crippen molar-refractivity contribution in [1.29, 1.82) is 0 Å². The maximum Gasteiger partial charge on any atom is 0.113 e. The third-order valence-electron chi connectivity index (χ3n) is 3.67. The minimum Gasteiger partial charge on any atom is -0.389 e. The summed E-state index contributed by atoms with van der Waals surface area (Å²) in [6.45, 7) is 0.718. The number of hydrogen-bond acceptors (Lipinski definition) is 2. The normalized spacial score (nSPS) is 10.7. The summed E-state index contributed by atoms with van der Waals surface area (Å²) in [5.74, 6) is 0.971. The van der Waals surface area contributed by atoms with Crippen LogP contribution in [-0.2, 0) is 13.0 Å². The SMILES string of the molecule is NC(=S)c1cccc(Cn2ccnc2Cc2ccccc2Cl)c1. The fourth-order valence-electron chi connectivity index (χ4n) is 2.48. The molecule has 116 valence electrons. The zero-order valence-electron chi connectivity index (χ0n) is 12.4. The lowest BCUT2D eigenvalue weighted by atomic mass is 10.1. The average Bonchev–Trinajstić information content (AvgIpc) is 2.97. The van der Waals surface area contributed by atoms with Crippen LogP contribution in [0.25, 0.3) is 0 Å². The average molecular weight is 342 g/mol. The Kier molecular flexibility index (Phi) is 4.74. The molecule has 0 radical (unpaired) electrons. The molecule has 23 heavy (non-hydrogen) atoms. The van der Waals surface area contributed by atoms with Gasteiger partial charge >= 0.3 is 0 Å². The van der Waals surface area contributed by atoms with Crippen LogP contribution < -0.4 is 5.73 Å². The smallest absolute Gasteiger partial charge is 0.113 e. The fourth-order valence-corrected chi connectivity index (χ4v) is 2.81. The number of rotatable bonds is 5. The van der Waals surface area contributed by atoms with E-state index in [9.17, 15) is 0 Å². The van der Waals surface area contributed by atoms with Crippen molar-refractivity contribution in [2.24, 2.45) is 5.73 Å². The van der Waals surface area contributed by atoms with Gasteiger partial charge in [-0.25, -0.2) is 4.98 Å². The molecule has 1 aromatic heterocycles. The standard InChI is InChI=1S/C18H16ClN3S/c19-16-7-2-1-5-14(16)11-17-21-8-9-22(17)12-13-4-3-6-15(10-13)18(20)23/h1-10H,11-12H2,(H2,20,23). The van der Waals surface area contributed by atoms with Crippen LogP contribution in [0.1, 0.15) is 22.5 Å². The van der Waals surface area contributed by atoms with Gasteiger partial charge in [0.1, 0.15) is 10.8 Å². The lowest BCUT2D eigenvalue weighted by Gasteiger charge is -2.10. The van der Waals surface area contributed by atoms with Gasteiger partial charge in [0.2, 0.25) is 0 Å². The first-order chi connectivity index (χ1) is 11.1. The van der Waals surface area contributed by atoms with Crippen molar-refractivity contribution >= 4 is 28.8 Å². The van der Waals surface area contributed by atoms with Crippen molar-refractivity contribution in [1.82, 2.24) is 9.55 Å². The van der Waals surface area contributed by atoms with E-state index >= 15 is 0 Å². The monoisotopic (exact) mass is 341 g/mol. The molecule has 0 fully saturated rings. The highest BCUT2D eigenvalue weighted by molar-refractivity contribution is 7.80. The quantitative estimate of drug-likeness (QED) is 0.718.